The highest BCUT2D eigenvalue weighted by molar-refractivity contribution is 5.85. The van der Waals surface area contributed by atoms with Gasteiger partial charge in [0.05, 0.1) is 0 Å². The lowest BCUT2D eigenvalue weighted by Gasteiger charge is -2.29. The molecule has 0 aliphatic heterocycles. The molecule has 0 aromatic heterocycles. The highest BCUT2D eigenvalue weighted by Crippen LogP contribution is 2.20. The van der Waals surface area contributed by atoms with Gasteiger partial charge in [0, 0.05) is 6.42 Å². The van der Waals surface area contributed by atoms with Crippen molar-refractivity contribution in [2.45, 2.75) is 31.4 Å². The first-order chi connectivity index (χ1) is 15.6. The fourth-order valence-corrected chi connectivity index (χ4v) is 3.40. The molecule has 3 aromatic carbocycles. The van der Waals surface area contributed by atoms with Gasteiger partial charge in [-0.2, -0.15) is 0 Å². The average molecular weight is 430 g/mol. The summed E-state index contributed by atoms with van der Waals surface area (Å²) in [4.78, 5) is 25.0. The minimum Gasteiger partial charge on any atom is -0.479 e. The van der Waals surface area contributed by atoms with E-state index in [1.807, 2.05) is 103 Å². The fourth-order valence-electron chi connectivity index (χ4n) is 3.40. The van der Waals surface area contributed by atoms with Gasteiger partial charge in [-0.3, -0.25) is 0 Å². The largest absolute Gasteiger partial charge is 0.479 e. The number of carboxylic acids is 1. The molecule has 0 heterocycles. The Balaban J connectivity index is 1.73. The van der Waals surface area contributed by atoms with Crippen LogP contribution in [0, 0.1) is 0 Å². The van der Waals surface area contributed by atoms with E-state index < -0.39 is 17.6 Å². The van der Waals surface area contributed by atoms with Crippen LogP contribution in [0.25, 0.3) is 0 Å². The average Bonchev–Trinajstić information content (AvgIpc) is 2.82. The second kappa shape index (κ2) is 11.5. The van der Waals surface area contributed by atoms with Gasteiger partial charge >= 0.3 is 12.1 Å². The van der Waals surface area contributed by atoms with Crippen molar-refractivity contribution in [3.63, 3.8) is 0 Å². The van der Waals surface area contributed by atoms with Gasteiger partial charge in [0.1, 0.15) is 12.1 Å². The number of carbonyl (C=O) groups is 2. The first kappa shape index (κ1) is 22.8. The summed E-state index contributed by atoms with van der Waals surface area (Å²) in [5.74, 6) is -1.11. The molecular weight excluding hydrogens is 402 g/mol. The van der Waals surface area contributed by atoms with Crippen molar-refractivity contribution in [1.82, 2.24) is 5.32 Å². The lowest BCUT2D eigenvalue weighted by atomic mass is 9.87. The second-order valence-corrected chi connectivity index (χ2v) is 7.60. The van der Waals surface area contributed by atoms with E-state index in [0.29, 0.717) is 6.42 Å². The molecule has 0 radical (unpaired) electrons. The molecule has 0 aliphatic carbocycles. The summed E-state index contributed by atoms with van der Waals surface area (Å²) in [5, 5.41) is 12.8. The predicted molar refractivity (Wildman–Crippen MR) is 124 cm³/mol. The molecule has 164 valence electrons. The first-order valence-electron chi connectivity index (χ1n) is 10.5. The maximum atomic E-state index is 12.6. The van der Waals surface area contributed by atoms with Crippen molar-refractivity contribution in [3.8, 4) is 0 Å². The molecule has 0 fully saturated rings. The Bertz CT molecular complexity index is 1020. The Morgan fingerprint density at radius 2 is 1.31 bits per heavy atom. The zero-order valence-corrected chi connectivity index (χ0v) is 17.8. The Morgan fingerprint density at radius 3 is 1.88 bits per heavy atom. The van der Waals surface area contributed by atoms with Gasteiger partial charge in [-0.15, -0.1) is 0 Å². The fraction of sp³-hybridized carbons (Fsp3) is 0.185. The number of alkyl carbamates (subject to hydrolysis) is 1. The first-order valence-corrected chi connectivity index (χ1v) is 10.5. The zero-order chi connectivity index (χ0) is 22.7. The summed E-state index contributed by atoms with van der Waals surface area (Å²) in [5.41, 5.74) is 1.24. The molecule has 5 nitrogen and oxygen atoms in total. The third kappa shape index (κ3) is 6.84. The molecule has 0 bridgehead atoms. The van der Waals surface area contributed by atoms with E-state index in [1.54, 1.807) is 0 Å². The van der Waals surface area contributed by atoms with Crippen LogP contribution in [-0.2, 0) is 29.0 Å². The standard InChI is InChI=1S/C27H27NO4/c29-25(30)27(20-23-15-6-2-7-16-23,19-11-10-14-22-12-4-1-5-13-22)28-26(31)32-21-24-17-8-3-9-18-24/h1-13,15-18H,14,19-21H2,(H,28,31)(H,29,30). The maximum Gasteiger partial charge on any atom is 0.408 e. The van der Waals surface area contributed by atoms with Crippen molar-refractivity contribution < 1.29 is 19.4 Å². The number of ether oxygens (including phenoxy) is 1. The summed E-state index contributed by atoms with van der Waals surface area (Å²) in [6.07, 6.45) is 3.92. The lowest BCUT2D eigenvalue weighted by molar-refractivity contribution is -0.144. The van der Waals surface area contributed by atoms with Gasteiger partial charge in [-0.1, -0.05) is 103 Å². The van der Waals surface area contributed by atoms with Gasteiger partial charge < -0.3 is 15.2 Å². The summed E-state index contributed by atoms with van der Waals surface area (Å²) >= 11 is 0. The molecule has 5 heteroatoms. The van der Waals surface area contributed by atoms with Crippen LogP contribution in [0.15, 0.2) is 103 Å². The van der Waals surface area contributed by atoms with Crippen molar-refractivity contribution >= 4 is 12.1 Å². The predicted octanol–water partition coefficient (Wildman–Crippen LogP) is 5.17. The molecule has 3 aromatic rings. The summed E-state index contributed by atoms with van der Waals surface area (Å²) in [6.45, 7) is 0.0670. The normalized spacial score (nSPS) is 12.8. The minimum absolute atomic E-state index is 0.0670. The molecular formula is C27H27NO4. The zero-order valence-electron chi connectivity index (χ0n) is 17.8. The van der Waals surface area contributed by atoms with Gasteiger partial charge in [0.15, 0.2) is 0 Å². The number of allylic oxidation sites excluding steroid dienone is 1. The lowest BCUT2D eigenvalue weighted by Crippen LogP contribution is -2.56. The monoisotopic (exact) mass is 429 g/mol. The van der Waals surface area contributed by atoms with Crippen molar-refractivity contribution in [2.75, 3.05) is 0 Å². The van der Waals surface area contributed by atoms with E-state index in [0.717, 1.165) is 16.7 Å². The smallest absolute Gasteiger partial charge is 0.408 e. The Hall–Kier alpha value is -3.86. The van der Waals surface area contributed by atoms with Gasteiger partial charge in [0.2, 0.25) is 0 Å². The molecule has 1 unspecified atom stereocenters. The SMILES string of the molecule is O=C(NC(CC=CCc1ccccc1)(Cc1ccccc1)C(=O)O)OCc1ccccc1. The summed E-state index contributed by atoms with van der Waals surface area (Å²) in [6, 6.07) is 28.4. The number of hydrogen-bond donors (Lipinski definition) is 2. The molecule has 3 rings (SSSR count). The van der Waals surface area contributed by atoms with Crippen LogP contribution in [0.4, 0.5) is 4.79 Å². The van der Waals surface area contributed by atoms with Gasteiger partial charge in [-0.05, 0) is 29.5 Å². The number of aliphatic carboxylic acids is 1. The van der Waals surface area contributed by atoms with E-state index >= 15 is 0 Å². The highest BCUT2D eigenvalue weighted by atomic mass is 16.5. The highest BCUT2D eigenvalue weighted by Gasteiger charge is 2.39. The quantitative estimate of drug-likeness (QED) is 0.436. The Kier molecular flexibility index (Phi) is 8.21. The number of hydrogen-bond acceptors (Lipinski definition) is 3. The summed E-state index contributed by atoms with van der Waals surface area (Å²) < 4.78 is 5.31. The van der Waals surface area contributed by atoms with Crippen LogP contribution in [0.2, 0.25) is 0 Å². The van der Waals surface area contributed by atoms with E-state index in [9.17, 15) is 14.7 Å². The minimum atomic E-state index is -1.53. The van der Waals surface area contributed by atoms with Crippen LogP contribution in [0.3, 0.4) is 0 Å². The number of benzene rings is 3. The van der Waals surface area contributed by atoms with Crippen molar-refractivity contribution in [2.24, 2.45) is 0 Å². The van der Waals surface area contributed by atoms with E-state index in [1.165, 1.54) is 0 Å². The van der Waals surface area contributed by atoms with Crippen molar-refractivity contribution in [1.29, 1.82) is 0 Å². The van der Waals surface area contributed by atoms with Crippen LogP contribution in [-0.4, -0.2) is 22.7 Å². The van der Waals surface area contributed by atoms with Gasteiger partial charge in [0.25, 0.3) is 0 Å². The topological polar surface area (TPSA) is 75.6 Å². The number of carboxylic acid groups (broad SMARTS) is 1. The molecule has 32 heavy (non-hydrogen) atoms. The summed E-state index contributed by atoms with van der Waals surface area (Å²) in [7, 11) is 0. The number of carbonyl (C=O) groups excluding carboxylic acids is 1. The number of nitrogens with one attached hydrogen (secondary N) is 1. The molecule has 2 N–H and O–H groups in total. The molecule has 0 saturated heterocycles. The molecule has 0 spiro atoms. The van der Waals surface area contributed by atoms with Crippen LogP contribution < -0.4 is 5.32 Å². The Morgan fingerprint density at radius 1 is 0.781 bits per heavy atom. The van der Waals surface area contributed by atoms with Crippen LogP contribution in [0.5, 0.6) is 0 Å². The maximum absolute atomic E-state index is 12.6. The van der Waals surface area contributed by atoms with E-state index in [2.05, 4.69) is 5.32 Å². The van der Waals surface area contributed by atoms with Gasteiger partial charge in [-0.25, -0.2) is 9.59 Å². The third-order valence-corrected chi connectivity index (χ3v) is 5.14. The van der Waals surface area contributed by atoms with Crippen molar-refractivity contribution in [3.05, 3.63) is 120 Å². The van der Waals surface area contributed by atoms with Crippen LogP contribution >= 0.6 is 0 Å². The molecule has 0 saturated carbocycles. The number of amides is 1. The second-order valence-electron chi connectivity index (χ2n) is 7.60. The van der Waals surface area contributed by atoms with Crippen LogP contribution in [0.1, 0.15) is 23.1 Å². The number of rotatable bonds is 10. The Labute approximate surface area is 188 Å². The van der Waals surface area contributed by atoms with E-state index in [-0.39, 0.29) is 19.4 Å². The molecule has 0 aliphatic rings. The third-order valence-electron chi connectivity index (χ3n) is 5.14. The van der Waals surface area contributed by atoms with E-state index in [4.69, 9.17) is 4.74 Å². The molecule has 1 amide bonds. The molecule has 1 atom stereocenters.